The van der Waals surface area contributed by atoms with Crippen molar-refractivity contribution >= 4 is 22.9 Å². The van der Waals surface area contributed by atoms with E-state index >= 15 is 0 Å². The van der Waals surface area contributed by atoms with Crippen LogP contribution in [0.5, 0.6) is 0 Å². The van der Waals surface area contributed by atoms with Gasteiger partial charge in [0.05, 0.1) is 15.5 Å². The van der Waals surface area contributed by atoms with Crippen molar-refractivity contribution < 1.29 is 9.72 Å². The number of benzene rings is 1. The van der Waals surface area contributed by atoms with Crippen molar-refractivity contribution in [2.75, 3.05) is 26.2 Å². The molecule has 1 fully saturated rings. The Balaban J connectivity index is 1.58. The Morgan fingerprint density at radius 3 is 2.73 bits per heavy atom. The van der Waals surface area contributed by atoms with Crippen molar-refractivity contribution in [1.82, 2.24) is 20.0 Å². The van der Waals surface area contributed by atoms with E-state index in [2.05, 4.69) is 15.3 Å². The number of nitrogens with one attached hydrogen (secondary N) is 1. The minimum Gasteiger partial charge on any atom is -0.349 e. The summed E-state index contributed by atoms with van der Waals surface area (Å²) in [7, 11) is 0. The summed E-state index contributed by atoms with van der Waals surface area (Å²) in [6, 6.07) is 11.7. The highest BCUT2D eigenvalue weighted by atomic mass is 32.1. The molecule has 30 heavy (non-hydrogen) atoms. The lowest BCUT2D eigenvalue weighted by molar-refractivity contribution is -0.384. The number of non-ortho nitro benzene ring substituents is 1. The third kappa shape index (κ3) is 4.58. The number of hydrogen-bond acceptors (Lipinski definition) is 6. The summed E-state index contributed by atoms with van der Waals surface area (Å²) in [5.41, 5.74) is 1.46. The largest absolute Gasteiger partial charge is 0.349 e. The topological polar surface area (TPSA) is 93.3 Å². The van der Waals surface area contributed by atoms with Crippen LogP contribution in [0, 0.1) is 10.1 Å². The van der Waals surface area contributed by atoms with Gasteiger partial charge in [0.25, 0.3) is 11.6 Å². The van der Waals surface area contributed by atoms with Gasteiger partial charge in [-0.2, -0.15) is 5.10 Å². The number of thiophene rings is 1. The number of amides is 1. The van der Waals surface area contributed by atoms with E-state index in [0.29, 0.717) is 23.6 Å². The molecule has 1 saturated heterocycles. The van der Waals surface area contributed by atoms with Gasteiger partial charge in [-0.15, -0.1) is 11.3 Å². The molecule has 1 amide bonds. The second kappa shape index (κ2) is 9.19. The zero-order chi connectivity index (χ0) is 20.9. The molecular weight excluding hydrogens is 402 g/mol. The minimum atomic E-state index is -0.453. The molecule has 3 aromatic rings. The average molecular weight is 426 g/mol. The van der Waals surface area contributed by atoms with Crippen LogP contribution < -0.4 is 5.32 Å². The van der Waals surface area contributed by atoms with E-state index in [-0.39, 0.29) is 11.6 Å². The first kappa shape index (κ1) is 20.2. The molecule has 1 aliphatic rings. The maximum Gasteiger partial charge on any atom is 0.271 e. The van der Waals surface area contributed by atoms with Crippen LogP contribution in [0.25, 0.3) is 16.3 Å². The van der Waals surface area contributed by atoms with Crippen LogP contribution in [0.15, 0.2) is 47.8 Å². The summed E-state index contributed by atoms with van der Waals surface area (Å²) < 4.78 is 1.48. The zero-order valence-corrected chi connectivity index (χ0v) is 17.3. The first-order chi connectivity index (χ1) is 14.6. The first-order valence-electron chi connectivity index (χ1n) is 10.0. The molecule has 2 aromatic heterocycles. The third-order valence-electron chi connectivity index (χ3n) is 5.16. The molecule has 3 heterocycles. The summed E-state index contributed by atoms with van der Waals surface area (Å²) >= 11 is 1.53. The monoisotopic (exact) mass is 425 g/mol. The molecule has 0 aliphatic carbocycles. The van der Waals surface area contributed by atoms with E-state index in [0.717, 1.165) is 24.5 Å². The maximum absolute atomic E-state index is 13.0. The molecule has 0 spiro atoms. The van der Waals surface area contributed by atoms with Gasteiger partial charge < -0.3 is 10.2 Å². The second-order valence-electron chi connectivity index (χ2n) is 7.24. The van der Waals surface area contributed by atoms with E-state index in [9.17, 15) is 14.9 Å². The van der Waals surface area contributed by atoms with E-state index in [1.54, 1.807) is 18.2 Å². The zero-order valence-electron chi connectivity index (χ0n) is 16.5. The van der Waals surface area contributed by atoms with Crippen LogP contribution in [0.4, 0.5) is 5.69 Å². The molecule has 156 valence electrons. The van der Waals surface area contributed by atoms with Gasteiger partial charge >= 0.3 is 0 Å². The van der Waals surface area contributed by atoms with Crippen LogP contribution in [0.2, 0.25) is 0 Å². The number of likely N-dealkylation sites (tertiary alicyclic amines) is 1. The number of carbonyl (C=O) groups is 1. The smallest absolute Gasteiger partial charge is 0.271 e. The molecule has 4 rings (SSSR count). The maximum atomic E-state index is 13.0. The number of nitro benzene ring substituents is 1. The number of rotatable bonds is 7. The summed E-state index contributed by atoms with van der Waals surface area (Å²) in [6.07, 6.45) is 3.69. The van der Waals surface area contributed by atoms with Crippen molar-refractivity contribution in [2.45, 2.75) is 19.3 Å². The van der Waals surface area contributed by atoms with Crippen LogP contribution >= 0.6 is 11.3 Å². The number of piperidine rings is 1. The minimum absolute atomic E-state index is 0.0443. The molecule has 8 nitrogen and oxygen atoms in total. The molecule has 0 bridgehead atoms. The molecule has 1 N–H and O–H groups in total. The summed E-state index contributed by atoms with van der Waals surface area (Å²) in [5.74, 6) is -0.242. The molecule has 0 unspecified atom stereocenters. The van der Waals surface area contributed by atoms with Crippen molar-refractivity contribution in [3.8, 4) is 16.3 Å². The Kier molecular flexibility index (Phi) is 6.20. The SMILES string of the molecule is O=C(NCCN1CCCCC1)c1cc(-c2cccs2)nn1-c1cccc([N+](=O)[O-])c1. The predicted octanol–water partition coefficient (Wildman–Crippen LogP) is 3.72. The van der Waals surface area contributed by atoms with Gasteiger partial charge in [-0.25, -0.2) is 4.68 Å². The average Bonchev–Trinajstić information content (AvgIpc) is 3.44. The summed E-state index contributed by atoms with van der Waals surface area (Å²) in [5, 5.41) is 20.7. The Bertz CT molecular complexity index is 1030. The highest BCUT2D eigenvalue weighted by Crippen LogP contribution is 2.26. The van der Waals surface area contributed by atoms with Crippen LogP contribution in [0.1, 0.15) is 29.8 Å². The fourth-order valence-corrected chi connectivity index (χ4v) is 4.31. The lowest BCUT2D eigenvalue weighted by atomic mass is 10.1. The van der Waals surface area contributed by atoms with Gasteiger partial charge in [-0.05, 0) is 49.5 Å². The fraction of sp³-hybridized carbons (Fsp3) is 0.333. The van der Waals surface area contributed by atoms with Gasteiger partial charge in [0, 0.05) is 25.2 Å². The second-order valence-corrected chi connectivity index (χ2v) is 8.19. The standard InChI is InChI=1S/C21H23N5O3S/c27-21(22-9-12-24-10-2-1-3-11-24)19-15-18(20-8-5-13-30-20)23-25(19)16-6-4-7-17(14-16)26(28)29/h4-8,13-15H,1-3,9-12H2,(H,22,27). The fourth-order valence-electron chi connectivity index (χ4n) is 3.62. The van der Waals surface area contributed by atoms with Crippen molar-refractivity contribution in [3.05, 3.63) is 63.7 Å². The quantitative estimate of drug-likeness (QED) is 0.460. The van der Waals surface area contributed by atoms with E-state index in [4.69, 9.17) is 0 Å². The van der Waals surface area contributed by atoms with E-state index in [1.165, 1.54) is 47.4 Å². The Hall–Kier alpha value is -3.04. The summed E-state index contributed by atoms with van der Waals surface area (Å²) in [4.78, 5) is 27.0. The molecule has 0 atom stereocenters. The number of carbonyl (C=O) groups excluding carboxylic acids is 1. The number of aromatic nitrogens is 2. The Morgan fingerprint density at radius 2 is 2.00 bits per heavy atom. The van der Waals surface area contributed by atoms with Crippen molar-refractivity contribution in [3.63, 3.8) is 0 Å². The normalized spacial score (nSPS) is 14.5. The van der Waals surface area contributed by atoms with Gasteiger partial charge in [0.1, 0.15) is 11.4 Å². The van der Waals surface area contributed by atoms with Gasteiger partial charge in [0.15, 0.2) is 0 Å². The molecule has 1 aliphatic heterocycles. The molecule has 0 radical (unpaired) electrons. The number of hydrogen-bond donors (Lipinski definition) is 1. The molecular formula is C21H23N5O3S. The predicted molar refractivity (Wildman–Crippen MR) is 116 cm³/mol. The highest BCUT2D eigenvalue weighted by molar-refractivity contribution is 7.13. The number of nitrogens with zero attached hydrogens (tertiary/aromatic N) is 4. The van der Waals surface area contributed by atoms with E-state index < -0.39 is 4.92 Å². The van der Waals surface area contributed by atoms with Crippen LogP contribution in [-0.4, -0.2) is 51.7 Å². The lowest BCUT2D eigenvalue weighted by Crippen LogP contribution is -2.38. The van der Waals surface area contributed by atoms with Crippen molar-refractivity contribution in [2.24, 2.45) is 0 Å². The molecule has 1 aromatic carbocycles. The highest BCUT2D eigenvalue weighted by Gasteiger charge is 2.20. The Labute approximate surface area is 178 Å². The van der Waals surface area contributed by atoms with Gasteiger partial charge in [-0.1, -0.05) is 18.6 Å². The summed E-state index contributed by atoms with van der Waals surface area (Å²) in [6.45, 7) is 3.51. The number of nitro groups is 1. The third-order valence-corrected chi connectivity index (χ3v) is 6.06. The van der Waals surface area contributed by atoms with E-state index in [1.807, 2.05) is 17.5 Å². The molecule has 9 heteroatoms. The van der Waals surface area contributed by atoms with Gasteiger partial charge in [0.2, 0.25) is 0 Å². The Morgan fingerprint density at radius 1 is 1.17 bits per heavy atom. The lowest BCUT2D eigenvalue weighted by Gasteiger charge is -2.26. The van der Waals surface area contributed by atoms with Crippen molar-refractivity contribution in [1.29, 1.82) is 0 Å². The van der Waals surface area contributed by atoms with Crippen LogP contribution in [0.3, 0.4) is 0 Å². The van der Waals surface area contributed by atoms with Crippen LogP contribution in [-0.2, 0) is 0 Å². The molecule has 0 saturated carbocycles. The first-order valence-corrected chi connectivity index (χ1v) is 10.9. The van der Waals surface area contributed by atoms with Gasteiger partial charge in [-0.3, -0.25) is 14.9 Å².